The van der Waals surface area contributed by atoms with Crippen LogP contribution in [-0.2, 0) is 14.3 Å². The van der Waals surface area contributed by atoms with Crippen molar-refractivity contribution in [2.45, 2.75) is 32.5 Å². The zero-order chi connectivity index (χ0) is 19.4. The van der Waals surface area contributed by atoms with Gasteiger partial charge in [-0.2, -0.15) is 0 Å². The standard InChI is InChI=1S/C18H20N4O4S/c1-10-6-12(7-11(2)26-10)13-4-3-5-14(20-13)15-9-27-18(21-15)22-16(23)8-25-17(19)24/h3-6,9-11H,7-8H2,1-2H3,(H2,19,24)(H,21,22,23)/t10-,11+/m1/s1. The van der Waals surface area contributed by atoms with E-state index in [0.717, 1.165) is 17.7 Å². The predicted molar refractivity (Wildman–Crippen MR) is 102 cm³/mol. The number of carbonyl (C=O) groups is 2. The van der Waals surface area contributed by atoms with Gasteiger partial charge < -0.3 is 15.2 Å². The average molecular weight is 388 g/mol. The Bertz CT molecular complexity index is 880. The monoisotopic (exact) mass is 388 g/mol. The molecule has 0 fully saturated rings. The Kier molecular flexibility index (Phi) is 5.82. The fraction of sp³-hybridized carbons (Fsp3) is 0.333. The Morgan fingerprint density at radius 3 is 2.81 bits per heavy atom. The Hall–Kier alpha value is -2.78. The smallest absolute Gasteiger partial charge is 0.405 e. The summed E-state index contributed by atoms with van der Waals surface area (Å²) in [5.74, 6) is -0.508. The highest BCUT2D eigenvalue weighted by Gasteiger charge is 2.19. The normalized spacial score (nSPS) is 19.3. The van der Waals surface area contributed by atoms with E-state index in [0.29, 0.717) is 16.5 Å². The first-order valence-corrected chi connectivity index (χ1v) is 9.30. The molecule has 1 aliphatic rings. The van der Waals surface area contributed by atoms with Crippen LogP contribution in [0.2, 0.25) is 0 Å². The molecule has 9 heteroatoms. The highest BCUT2D eigenvalue weighted by Crippen LogP contribution is 2.29. The first kappa shape index (κ1) is 19.0. The van der Waals surface area contributed by atoms with Crippen molar-refractivity contribution in [1.29, 1.82) is 0 Å². The number of pyridine rings is 1. The highest BCUT2D eigenvalue weighted by atomic mass is 32.1. The molecular weight excluding hydrogens is 368 g/mol. The van der Waals surface area contributed by atoms with Gasteiger partial charge in [-0.05, 0) is 31.6 Å². The Labute approximate surface area is 160 Å². The van der Waals surface area contributed by atoms with Crippen LogP contribution in [0.25, 0.3) is 17.0 Å². The van der Waals surface area contributed by atoms with E-state index < -0.39 is 18.6 Å². The van der Waals surface area contributed by atoms with Crippen molar-refractivity contribution in [3.63, 3.8) is 0 Å². The van der Waals surface area contributed by atoms with Crippen LogP contribution in [-0.4, -0.2) is 40.8 Å². The lowest BCUT2D eigenvalue weighted by Gasteiger charge is -2.24. The molecule has 0 unspecified atom stereocenters. The molecule has 0 bridgehead atoms. The number of nitrogens with one attached hydrogen (secondary N) is 1. The predicted octanol–water partition coefficient (Wildman–Crippen LogP) is 2.82. The van der Waals surface area contributed by atoms with Gasteiger partial charge in [-0.1, -0.05) is 12.1 Å². The molecule has 2 atom stereocenters. The second-order valence-corrected chi connectivity index (χ2v) is 7.01. The first-order valence-electron chi connectivity index (χ1n) is 8.42. The molecule has 3 N–H and O–H groups in total. The minimum atomic E-state index is -1.00. The number of hydrogen-bond acceptors (Lipinski definition) is 7. The number of rotatable bonds is 5. The topological polar surface area (TPSA) is 116 Å². The molecule has 0 spiro atoms. The van der Waals surface area contributed by atoms with Gasteiger partial charge in [0.1, 0.15) is 5.69 Å². The highest BCUT2D eigenvalue weighted by molar-refractivity contribution is 7.14. The van der Waals surface area contributed by atoms with E-state index in [2.05, 4.69) is 21.1 Å². The third-order valence-electron chi connectivity index (χ3n) is 3.83. The summed E-state index contributed by atoms with van der Waals surface area (Å²) >= 11 is 1.26. The summed E-state index contributed by atoms with van der Waals surface area (Å²) in [6.45, 7) is 3.60. The molecule has 2 amide bonds. The molecule has 2 aromatic rings. The first-order chi connectivity index (χ1) is 12.9. The molecule has 0 aromatic carbocycles. The molecule has 0 saturated heterocycles. The molecule has 8 nitrogen and oxygen atoms in total. The number of anilines is 1. The summed E-state index contributed by atoms with van der Waals surface area (Å²) in [5, 5.41) is 4.75. The van der Waals surface area contributed by atoms with Crippen molar-refractivity contribution >= 4 is 34.0 Å². The van der Waals surface area contributed by atoms with E-state index in [9.17, 15) is 9.59 Å². The molecule has 27 heavy (non-hydrogen) atoms. The van der Waals surface area contributed by atoms with Crippen molar-refractivity contribution < 1.29 is 19.1 Å². The van der Waals surface area contributed by atoms with Crippen LogP contribution < -0.4 is 11.1 Å². The van der Waals surface area contributed by atoms with Crippen LogP contribution in [0.3, 0.4) is 0 Å². The number of hydrogen-bond donors (Lipinski definition) is 2. The van der Waals surface area contributed by atoms with E-state index in [1.54, 1.807) is 5.38 Å². The van der Waals surface area contributed by atoms with Gasteiger partial charge in [0.15, 0.2) is 11.7 Å². The lowest BCUT2D eigenvalue weighted by Crippen LogP contribution is -2.23. The van der Waals surface area contributed by atoms with Crippen LogP contribution in [0.15, 0.2) is 29.7 Å². The van der Waals surface area contributed by atoms with Gasteiger partial charge in [-0.25, -0.2) is 14.8 Å². The Morgan fingerprint density at radius 1 is 1.30 bits per heavy atom. The quantitative estimate of drug-likeness (QED) is 0.813. The Balaban J connectivity index is 1.73. The van der Waals surface area contributed by atoms with E-state index in [1.807, 2.05) is 32.0 Å². The average Bonchev–Trinajstić information content (AvgIpc) is 3.08. The minimum absolute atomic E-state index is 0.0536. The fourth-order valence-electron chi connectivity index (χ4n) is 2.80. The summed E-state index contributed by atoms with van der Waals surface area (Å²) in [5.41, 5.74) is 8.24. The minimum Gasteiger partial charge on any atom is -0.440 e. The van der Waals surface area contributed by atoms with Crippen LogP contribution in [0.4, 0.5) is 9.93 Å². The van der Waals surface area contributed by atoms with E-state index in [1.165, 1.54) is 11.3 Å². The van der Waals surface area contributed by atoms with Gasteiger partial charge in [0.05, 0.1) is 23.6 Å². The third kappa shape index (κ3) is 5.11. The van der Waals surface area contributed by atoms with Gasteiger partial charge in [-0.15, -0.1) is 11.3 Å². The number of thiazole rings is 1. The van der Waals surface area contributed by atoms with E-state index in [4.69, 9.17) is 15.5 Å². The van der Waals surface area contributed by atoms with Crippen molar-refractivity contribution in [1.82, 2.24) is 9.97 Å². The van der Waals surface area contributed by atoms with Crippen molar-refractivity contribution in [2.75, 3.05) is 11.9 Å². The van der Waals surface area contributed by atoms with Crippen LogP contribution in [0, 0.1) is 0 Å². The number of aromatic nitrogens is 2. The molecule has 0 aliphatic carbocycles. The van der Waals surface area contributed by atoms with E-state index >= 15 is 0 Å². The van der Waals surface area contributed by atoms with Crippen LogP contribution in [0.5, 0.6) is 0 Å². The van der Waals surface area contributed by atoms with Gasteiger partial charge in [0.25, 0.3) is 5.91 Å². The van der Waals surface area contributed by atoms with Crippen LogP contribution >= 0.6 is 11.3 Å². The molecule has 1 aliphatic heterocycles. The molecule has 2 aromatic heterocycles. The lowest BCUT2D eigenvalue weighted by molar-refractivity contribution is -0.118. The maximum Gasteiger partial charge on any atom is 0.405 e. The van der Waals surface area contributed by atoms with Gasteiger partial charge >= 0.3 is 6.09 Å². The van der Waals surface area contributed by atoms with E-state index in [-0.39, 0.29) is 12.2 Å². The molecular formula is C18H20N4O4S. The van der Waals surface area contributed by atoms with Gasteiger partial charge in [0.2, 0.25) is 0 Å². The molecule has 3 heterocycles. The van der Waals surface area contributed by atoms with Gasteiger partial charge in [0, 0.05) is 11.8 Å². The lowest BCUT2D eigenvalue weighted by atomic mass is 10.00. The molecule has 0 radical (unpaired) electrons. The third-order valence-corrected chi connectivity index (χ3v) is 4.58. The van der Waals surface area contributed by atoms with Gasteiger partial charge in [-0.3, -0.25) is 10.1 Å². The summed E-state index contributed by atoms with van der Waals surface area (Å²) in [6.07, 6.45) is 2.08. The number of nitrogens with two attached hydrogens (primary N) is 1. The van der Waals surface area contributed by atoms with Crippen molar-refractivity contribution in [3.8, 4) is 11.4 Å². The zero-order valence-corrected chi connectivity index (χ0v) is 15.8. The van der Waals surface area contributed by atoms with Crippen molar-refractivity contribution in [2.24, 2.45) is 5.73 Å². The summed E-state index contributed by atoms with van der Waals surface area (Å²) < 4.78 is 10.2. The second-order valence-electron chi connectivity index (χ2n) is 6.15. The molecule has 3 rings (SSSR count). The summed E-state index contributed by atoms with van der Waals surface area (Å²) in [4.78, 5) is 31.3. The number of ether oxygens (including phenoxy) is 2. The summed E-state index contributed by atoms with van der Waals surface area (Å²) in [6, 6.07) is 5.77. The number of primary amides is 1. The number of nitrogens with zero attached hydrogens (tertiary/aromatic N) is 2. The molecule has 142 valence electrons. The fourth-order valence-corrected chi connectivity index (χ4v) is 3.52. The van der Waals surface area contributed by atoms with Crippen molar-refractivity contribution in [3.05, 3.63) is 35.3 Å². The Morgan fingerprint density at radius 2 is 2.07 bits per heavy atom. The second kappa shape index (κ2) is 8.28. The maximum absolute atomic E-state index is 11.7. The number of carbonyl (C=O) groups excluding carboxylic acids is 2. The zero-order valence-electron chi connectivity index (χ0n) is 15.0. The SMILES string of the molecule is C[C@@H]1C=C(c2cccc(-c3csc(NC(=O)COC(N)=O)n3)n2)C[C@H](C)O1. The number of amides is 2. The summed E-state index contributed by atoms with van der Waals surface area (Å²) in [7, 11) is 0. The molecule has 0 saturated carbocycles. The maximum atomic E-state index is 11.7. The van der Waals surface area contributed by atoms with Crippen LogP contribution in [0.1, 0.15) is 26.0 Å². The largest absolute Gasteiger partial charge is 0.440 e.